The topological polar surface area (TPSA) is 29.1 Å². The van der Waals surface area contributed by atoms with E-state index >= 15 is 0 Å². The molecule has 0 aliphatic heterocycles. The Morgan fingerprint density at radius 1 is 1.29 bits per heavy atom. The Morgan fingerprint density at radius 3 is 2.24 bits per heavy atom. The van der Waals surface area contributed by atoms with Gasteiger partial charge in [-0.15, -0.1) is 0 Å². The van der Waals surface area contributed by atoms with Crippen LogP contribution in [0.25, 0.3) is 0 Å². The molecule has 1 fully saturated rings. The molecular weight excluding hydrogens is 302 g/mol. The lowest BCUT2D eigenvalue weighted by Gasteiger charge is -2.48. The highest BCUT2D eigenvalue weighted by Crippen LogP contribution is 2.53. The Labute approximate surface area is 136 Å². The first kappa shape index (κ1) is 17.0. The van der Waals surface area contributed by atoms with Gasteiger partial charge in [-0.2, -0.15) is 0 Å². The van der Waals surface area contributed by atoms with Crippen LogP contribution in [-0.4, -0.2) is 8.96 Å². The smallest absolute Gasteiger partial charge is 0.0976 e. The molecule has 0 unspecified atom stereocenters. The fraction of sp³-hybridized carbons (Fsp3) is 0.647. The second-order valence-electron chi connectivity index (χ2n) is 7.05. The third-order valence-electron chi connectivity index (χ3n) is 4.65. The van der Waals surface area contributed by atoms with E-state index in [2.05, 4.69) is 23.8 Å². The van der Waals surface area contributed by atoms with Crippen molar-refractivity contribution in [2.45, 2.75) is 64.2 Å². The fourth-order valence-corrected chi connectivity index (χ4v) is 4.04. The minimum absolute atomic E-state index is 0.133. The zero-order chi connectivity index (χ0) is 15.7. The molecule has 1 aromatic rings. The van der Waals surface area contributed by atoms with Crippen LogP contribution in [0.1, 0.15) is 65.0 Å². The predicted molar refractivity (Wildman–Crippen MR) is 91.8 cm³/mol. The van der Waals surface area contributed by atoms with E-state index in [4.69, 9.17) is 11.6 Å². The number of halogens is 1. The molecule has 2 rings (SSSR count). The highest BCUT2D eigenvalue weighted by Gasteiger charge is 2.44. The molecule has 0 amide bonds. The SMILES string of the molecule is CCC1([C@@H](N[S@](=O)C(C)(C)C)c2ccc(Cl)cc2)CCC1. The molecule has 1 aliphatic rings. The molecule has 4 heteroatoms. The predicted octanol–water partition coefficient (Wildman–Crippen LogP) is 5.01. The summed E-state index contributed by atoms with van der Waals surface area (Å²) in [5.74, 6) is 0. The standard InChI is InChI=1S/C17H26ClNOS/c1-5-17(11-6-12-17)15(19-21(20)16(2,3)4)13-7-9-14(18)10-8-13/h7-10,15,19H,5-6,11-12H2,1-4H3/t15-,21+/m0/s1. The molecule has 0 aromatic heterocycles. The molecule has 0 spiro atoms. The summed E-state index contributed by atoms with van der Waals surface area (Å²) in [7, 11) is -1.07. The van der Waals surface area contributed by atoms with Crippen molar-refractivity contribution >= 4 is 22.6 Å². The Bertz CT molecular complexity index is 497. The Morgan fingerprint density at radius 2 is 1.86 bits per heavy atom. The normalized spacial score (nSPS) is 20.6. The van der Waals surface area contributed by atoms with Crippen LogP contribution >= 0.6 is 11.6 Å². The average Bonchev–Trinajstić information content (AvgIpc) is 2.36. The van der Waals surface area contributed by atoms with E-state index in [1.54, 1.807) is 0 Å². The summed E-state index contributed by atoms with van der Waals surface area (Å²) in [5, 5.41) is 0.744. The van der Waals surface area contributed by atoms with Crippen LogP contribution in [0.4, 0.5) is 0 Å². The van der Waals surface area contributed by atoms with Crippen LogP contribution in [0.2, 0.25) is 5.02 Å². The summed E-state index contributed by atoms with van der Waals surface area (Å²) < 4.78 is 15.7. The minimum Gasteiger partial charge on any atom is -0.242 e. The third kappa shape index (κ3) is 3.69. The van der Waals surface area contributed by atoms with E-state index in [0.717, 1.165) is 11.4 Å². The lowest BCUT2D eigenvalue weighted by atomic mass is 9.61. The lowest BCUT2D eigenvalue weighted by Crippen LogP contribution is -2.46. The first-order valence-corrected chi connectivity index (χ1v) is 9.25. The maximum Gasteiger partial charge on any atom is 0.0976 e. The van der Waals surface area contributed by atoms with Crippen molar-refractivity contribution in [3.8, 4) is 0 Å². The number of nitrogens with one attached hydrogen (secondary N) is 1. The molecule has 1 N–H and O–H groups in total. The van der Waals surface area contributed by atoms with Gasteiger partial charge in [-0.1, -0.05) is 37.1 Å². The lowest BCUT2D eigenvalue weighted by molar-refractivity contribution is 0.0803. The molecule has 1 aliphatic carbocycles. The highest BCUT2D eigenvalue weighted by atomic mass is 35.5. The van der Waals surface area contributed by atoms with Crippen LogP contribution in [0.5, 0.6) is 0 Å². The maximum atomic E-state index is 12.6. The first-order valence-electron chi connectivity index (χ1n) is 7.72. The van der Waals surface area contributed by atoms with E-state index in [0.29, 0.717) is 0 Å². The van der Waals surface area contributed by atoms with Crippen LogP contribution in [0, 0.1) is 5.41 Å². The summed E-state index contributed by atoms with van der Waals surface area (Å²) >= 11 is 6.01. The number of hydrogen-bond acceptors (Lipinski definition) is 1. The van der Waals surface area contributed by atoms with Crippen LogP contribution in [0.3, 0.4) is 0 Å². The maximum absolute atomic E-state index is 12.6. The zero-order valence-electron chi connectivity index (χ0n) is 13.4. The first-order chi connectivity index (χ1) is 9.78. The van der Waals surface area contributed by atoms with Gasteiger partial charge in [-0.25, -0.2) is 8.93 Å². The second-order valence-corrected chi connectivity index (χ2v) is 9.49. The average molecular weight is 328 g/mol. The number of hydrogen-bond donors (Lipinski definition) is 1. The van der Waals surface area contributed by atoms with E-state index in [1.165, 1.54) is 24.8 Å². The molecule has 21 heavy (non-hydrogen) atoms. The van der Waals surface area contributed by atoms with Crippen molar-refractivity contribution in [1.29, 1.82) is 0 Å². The van der Waals surface area contributed by atoms with Crippen LogP contribution < -0.4 is 4.72 Å². The third-order valence-corrected chi connectivity index (χ3v) is 6.46. The molecule has 0 heterocycles. The zero-order valence-corrected chi connectivity index (χ0v) is 15.0. The molecular formula is C17H26ClNOS. The Balaban J connectivity index is 2.31. The van der Waals surface area contributed by atoms with Crippen molar-refractivity contribution < 1.29 is 4.21 Å². The summed E-state index contributed by atoms with van der Waals surface area (Å²) in [4.78, 5) is 0. The van der Waals surface area contributed by atoms with Gasteiger partial charge < -0.3 is 0 Å². The summed E-state index contributed by atoms with van der Waals surface area (Å²) in [6.07, 6.45) is 4.77. The molecule has 1 saturated carbocycles. The summed E-state index contributed by atoms with van der Waals surface area (Å²) in [6, 6.07) is 8.11. The van der Waals surface area contributed by atoms with E-state index < -0.39 is 11.0 Å². The minimum atomic E-state index is -1.07. The van der Waals surface area contributed by atoms with Crippen molar-refractivity contribution in [3.05, 3.63) is 34.9 Å². The molecule has 118 valence electrons. The van der Waals surface area contributed by atoms with Gasteiger partial charge in [0.1, 0.15) is 0 Å². The van der Waals surface area contributed by atoms with Gasteiger partial charge in [-0.3, -0.25) is 0 Å². The largest absolute Gasteiger partial charge is 0.242 e. The molecule has 0 radical (unpaired) electrons. The van der Waals surface area contributed by atoms with Crippen LogP contribution in [-0.2, 0) is 11.0 Å². The van der Waals surface area contributed by atoms with E-state index in [1.807, 2.05) is 32.9 Å². The van der Waals surface area contributed by atoms with Crippen molar-refractivity contribution in [1.82, 2.24) is 4.72 Å². The van der Waals surface area contributed by atoms with Crippen LogP contribution in [0.15, 0.2) is 24.3 Å². The Hall–Kier alpha value is -0.380. The van der Waals surface area contributed by atoms with Gasteiger partial charge in [0.05, 0.1) is 21.8 Å². The van der Waals surface area contributed by atoms with Gasteiger partial charge in [0, 0.05) is 5.02 Å². The van der Waals surface area contributed by atoms with Crippen molar-refractivity contribution in [2.24, 2.45) is 5.41 Å². The van der Waals surface area contributed by atoms with Crippen molar-refractivity contribution in [3.63, 3.8) is 0 Å². The van der Waals surface area contributed by atoms with Crippen molar-refractivity contribution in [2.75, 3.05) is 0 Å². The van der Waals surface area contributed by atoms with E-state index in [-0.39, 0.29) is 16.2 Å². The van der Waals surface area contributed by atoms with Gasteiger partial charge >= 0.3 is 0 Å². The molecule has 2 nitrogen and oxygen atoms in total. The monoisotopic (exact) mass is 327 g/mol. The van der Waals surface area contributed by atoms with Gasteiger partial charge in [0.15, 0.2) is 0 Å². The quantitative estimate of drug-likeness (QED) is 0.809. The number of benzene rings is 1. The number of rotatable bonds is 5. The molecule has 0 saturated heterocycles. The van der Waals surface area contributed by atoms with Gasteiger partial charge in [-0.05, 0) is 63.1 Å². The van der Waals surface area contributed by atoms with Gasteiger partial charge in [0.2, 0.25) is 0 Å². The molecule has 1 aromatic carbocycles. The molecule has 2 atom stereocenters. The molecule has 0 bridgehead atoms. The van der Waals surface area contributed by atoms with Gasteiger partial charge in [0.25, 0.3) is 0 Å². The fourth-order valence-electron chi connectivity index (χ4n) is 2.96. The van der Waals surface area contributed by atoms with E-state index in [9.17, 15) is 4.21 Å². The summed E-state index contributed by atoms with van der Waals surface area (Å²) in [5.41, 5.74) is 1.42. The second kappa shape index (κ2) is 6.39. The highest BCUT2D eigenvalue weighted by molar-refractivity contribution is 7.84. The summed E-state index contributed by atoms with van der Waals surface area (Å²) in [6.45, 7) is 8.26. The Kier molecular flexibility index (Phi) is 5.17.